The van der Waals surface area contributed by atoms with Crippen LogP contribution in [0.1, 0.15) is 12.7 Å². The van der Waals surface area contributed by atoms with Crippen LogP contribution in [0.5, 0.6) is 0 Å². The molecule has 1 N–H and O–H groups in total. The molecule has 0 aliphatic heterocycles. The number of rotatable bonds is 5. The zero-order valence-electron chi connectivity index (χ0n) is 10.8. The molecule has 2 rings (SSSR count). The highest BCUT2D eigenvalue weighted by Gasteiger charge is 2.06. The largest absolute Gasteiger partial charge is 0.465 e. The maximum Gasteiger partial charge on any atom is 0.315 e. The van der Waals surface area contributed by atoms with E-state index in [1.807, 2.05) is 0 Å². The predicted octanol–water partition coefficient (Wildman–Crippen LogP) is 2.37. The van der Waals surface area contributed by atoms with Gasteiger partial charge in [0.25, 0.3) is 5.56 Å². The lowest BCUT2D eigenvalue weighted by molar-refractivity contribution is -0.139. The summed E-state index contributed by atoms with van der Waals surface area (Å²) in [4.78, 5) is 30.1. The number of hydrogen-bond donors (Lipinski definition) is 1. The molecule has 2 aromatic rings. The summed E-state index contributed by atoms with van der Waals surface area (Å²) < 4.78 is 4.82. The number of hydrogen-bond acceptors (Lipinski definition) is 5. The van der Waals surface area contributed by atoms with Crippen LogP contribution in [0.15, 0.2) is 23.0 Å². The highest BCUT2D eigenvalue weighted by atomic mass is 35.5. The average molecular weight is 313 g/mol. The topological polar surface area (TPSA) is 72.0 Å². The SMILES string of the molecule is CCOC(=O)CSCc1nc2cc(Cl)ccc2c(=O)[nH]1. The van der Waals surface area contributed by atoms with E-state index in [0.717, 1.165) is 0 Å². The molecule has 7 heteroatoms. The number of H-pyrrole nitrogens is 1. The molecule has 0 fully saturated rings. The summed E-state index contributed by atoms with van der Waals surface area (Å²) in [5, 5.41) is 1.02. The normalized spacial score (nSPS) is 10.7. The highest BCUT2D eigenvalue weighted by Crippen LogP contribution is 2.16. The summed E-state index contributed by atoms with van der Waals surface area (Å²) in [5.74, 6) is 0.893. The first-order valence-corrected chi connectivity index (χ1v) is 7.55. The molecule has 0 saturated carbocycles. The third-order valence-electron chi connectivity index (χ3n) is 2.48. The van der Waals surface area contributed by atoms with Gasteiger partial charge in [0.05, 0.1) is 29.0 Å². The van der Waals surface area contributed by atoms with Gasteiger partial charge in [-0.2, -0.15) is 0 Å². The van der Waals surface area contributed by atoms with Gasteiger partial charge in [-0.25, -0.2) is 4.98 Å². The molecule has 0 aliphatic rings. The van der Waals surface area contributed by atoms with Crippen molar-refractivity contribution < 1.29 is 9.53 Å². The Hall–Kier alpha value is -1.53. The standard InChI is InChI=1S/C13H13ClN2O3S/c1-2-19-12(17)7-20-6-11-15-10-5-8(14)3-4-9(10)13(18)16-11/h3-5H,2,6-7H2,1H3,(H,15,16,18). The van der Waals surface area contributed by atoms with Crippen molar-refractivity contribution in [1.82, 2.24) is 9.97 Å². The Bertz CT molecular complexity index is 687. The Morgan fingerprint density at radius 1 is 1.50 bits per heavy atom. The molecule has 1 heterocycles. The molecule has 1 aromatic carbocycles. The lowest BCUT2D eigenvalue weighted by atomic mass is 10.2. The minimum atomic E-state index is -0.274. The van der Waals surface area contributed by atoms with Crippen LogP contribution in [0.3, 0.4) is 0 Å². The first-order chi connectivity index (χ1) is 9.60. The number of esters is 1. The van der Waals surface area contributed by atoms with E-state index in [1.54, 1.807) is 25.1 Å². The number of aromatic nitrogens is 2. The number of benzene rings is 1. The van der Waals surface area contributed by atoms with Crippen molar-refractivity contribution in [2.45, 2.75) is 12.7 Å². The molecule has 0 amide bonds. The van der Waals surface area contributed by atoms with Crippen molar-refractivity contribution >= 4 is 40.2 Å². The van der Waals surface area contributed by atoms with E-state index in [2.05, 4.69) is 9.97 Å². The van der Waals surface area contributed by atoms with E-state index in [0.29, 0.717) is 34.1 Å². The summed E-state index contributed by atoms with van der Waals surface area (Å²) in [5.41, 5.74) is 0.339. The lowest BCUT2D eigenvalue weighted by Gasteiger charge is -2.04. The van der Waals surface area contributed by atoms with Crippen LogP contribution in [-0.4, -0.2) is 28.3 Å². The van der Waals surface area contributed by atoms with Gasteiger partial charge in [0.1, 0.15) is 5.82 Å². The quantitative estimate of drug-likeness (QED) is 0.858. The molecule has 0 radical (unpaired) electrons. The molecule has 0 aliphatic carbocycles. The van der Waals surface area contributed by atoms with Gasteiger partial charge in [-0.15, -0.1) is 11.8 Å². The number of carbonyl (C=O) groups excluding carboxylic acids is 1. The zero-order valence-corrected chi connectivity index (χ0v) is 12.4. The van der Waals surface area contributed by atoms with E-state index in [1.165, 1.54) is 11.8 Å². The van der Waals surface area contributed by atoms with E-state index in [4.69, 9.17) is 16.3 Å². The van der Waals surface area contributed by atoms with Gasteiger partial charge in [0, 0.05) is 5.02 Å². The predicted molar refractivity (Wildman–Crippen MR) is 80.2 cm³/mol. The molecule has 5 nitrogen and oxygen atoms in total. The number of halogens is 1. The van der Waals surface area contributed by atoms with Crippen LogP contribution in [0, 0.1) is 0 Å². The Balaban J connectivity index is 2.11. The number of ether oxygens (including phenoxy) is 1. The van der Waals surface area contributed by atoms with Gasteiger partial charge >= 0.3 is 5.97 Å². The second kappa shape index (κ2) is 6.76. The lowest BCUT2D eigenvalue weighted by Crippen LogP contribution is -2.12. The molecule has 0 saturated heterocycles. The van der Waals surface area contributed by atoms with Crippen LogP contribution in [-0.2, 0) is 15.3 Å². The number of fused-ring (bicyclic) bond motifs is 1. The highest BCUT2D eigenvalue weighted by molar-refractivity contribution is 7.99. The fraction of sp³-hybridized carbons (Fsp3) is 0.308. The first kappa shape index (κ1) is 14.9. The average Bonchev–Trinajstić information content (AvgIpc) is 2.38. The van der Waals surface area contributed by atoms with Crippen molar-refractivity contribution in [2.75, 3.05) is 12.4 Å². The van der Waals surface area contributed by atoms with Crippen molar-refractivity contribution in [3.63, 3.8) is 0 Å². The summed E-state index contributed by atoms with van der Waals surface area (Å²) in [7, 11) is 0. The molecule has 106 valence electrons. The molecule has 1 aromatic heterocycles. The van der Waals surface area contributed by atoms with Gasteiger partial charge in [0.2, 0.25) is 0 Å². The van der Waals surface area contributed by atoms with Gasteiger partial charge in [-0.05, 0) is 25.1 Å². The summed E-state index contributed by atoms with van der Waals surface area (Å²) in [6, 6.07) is 4.93. The van der Waals surface area contributed by atoms with E-state index in [9.17, 15) is 9.59 Å². The maximum atomic E-state index is 11.9. The second-order valence-electron chi connectivity index (χ2n) is 3.97. The monoisotopic (exact) mass is 312 g/mol. The van der Waals surface area contributed by atoms with Crippen LogP contribution >= 0.6 is 23.4 Å². The number of nitrogens with zero attached hydrogens (tertiary/aromatic N) is 1. The number of carbonyl (C=O) groups is 1. The van der Waals surface area contributed by atoms with Crippen LogP contribution in [0.4, 0.5) is 0 Å². The molecule has 0 spiro atoms. The molecular weight excluding hydrogens is 300 g/mol. The number of thioether (sulfide) groups is 1. The maximum absolute atomic E-state index is 11.9. The first-order valence-electron chi connectivity index (χ1n) is 6.02. The Kier molecular flexibility index (Phi) is 5.03. The van der Waals surface area contributed by atoms with E-state index < -0.39 is 0 Å². The smallest absolute Gasteiger partial charge is 0.315 e. The third kappa shape index (κ3) is 3.74. The van der Waals surface area contributed by atoms with Crippen molar-refractivity contribution in [1.29, 1.82) is 0 Å². The minimum absolute atomic E-state index is 0.210. The van der Waals surface area contributed by atoms with Crippen molar-refractivity contribution in [3.8, 4) is 0 Å². The van der Waals surface area contributed by atoms with Gasteiger partial charge in [-0.3, -0.25) is 9.59 Å². The second-order valence-corrected chi connectivity index (χ2v) is 5.39. The van der Waals surface area contributed by atoms with Crippen molar-refractivity contribution in [3.05, 3.63) is 39.4 Å². The minimum Gasteiger partial charge on any atom is -0.465 e. The summed E-state index contributed by atoms with van der Waals surface area (Å²) in [6.45, 7) is 2.12. The summed E-state index contributed by atoms with van der Waals surface area (Å²) >= 11 is 7.22. The van der Waals surface area contributed by atoms with Crippen LogP contribution < -0.4 is 5.56 Å². The fourth-order valence-corrected chi connectivity index (χ4v) is 2.51. The number of aromatic amines is 1. The van der Waals surface area contributed by atoms with Gasteiger partial charge in [-0.1, -0.05) is 11.6 Å². The molecular formula is C13H13ClN2O3S. The summed E-state index contributed by atoms with van der Waals surface area (Å²) in [6.07, 6.45) is 0. The Morgan fingerprint density at radius 2 is 2.30 bits per heavy atom. The third-order valence-corrected chi connectivity index (χ3v) is 3.63. The van der Waals surface area contributed by atoms with E-state index >= 15 is 0 Å². The zero-order chi connectivity index (χ0) is 14.5. The molecule has 20 heavy (non-hydrogen) atoms. The molecule has 0 bridgehead atoms. The molecule has 0 atom stereocenters. The van der Waals surface area contributed by atoms with Crippen LogP contribution in [0.2, 0.25) is 5.02 Å². The van der Waals surface area contributed by atoms with Crippen molar-refractivity contribution in [2.24, 2.45) is 0 Å². The van der Waals surface area contributed by atoms with Gasteiger partial charge < -0.3 is 9.72 Å². The number of nitrogens with one attached hydrogen (secondary N) is 1. The fourth-order valence-electron chi connectivity index (χ4n) is 1.66. The van der Waals surface area contributed by atoms with E-state index in [-0.39, 0.29) is 17.3 Å². The van der Waals surface area contributed by atoms with Crippen LogP contribution in [0.25, 0.3) is 10.9 Å². The van der Waals surface area contributed by atoms with Gasteiger partial charge in [0.15, 0.2) is 0 Å². The Labute approximate surface area is 124 Å². The molecule has 0 unspecified atom stereocenters. The Morgan fingerprint density at radius 3 is 3.05 bits per heavy atom.